The summed E-state index contributed by atoms with van der Waals surface area (Å²) in [6.45, 7) is 7.33. The SMILES string of the molecule is COc1ccc([C@H](C)NC(=O)c2ccc(C)c(S(=O)(=O)Nc3ccc(C)cc3C)c2)cc1OC. The van der Waals surface area contributed by atoms with Crippen molar-refractivity contribution in [2.75, 3.05) is 18.9 Å². The van der Waals surface area contributed by atoms with Gasteiger partial charge in [-0.1, -0.05) is 29.8 Å². The van der Waals surface area contributed by atoms with Gasteiger partial charge in [0.15, 0.2) is 11.5 Å². The van der Waals surface area contributed by atoms with Crippen molar-refractivity contribution < 1.29 is 22.7 Å². The van der Waals surface area contributed by atoms with E-state index in [0.717, 1.165) is 16.7 Å². The van der Waals surface area contributed by atoms with Gasteiger partial charge in [-0.05, 0) is 74.7 Å². The van der Waals surface area contributed by atoms with Gasteiger partial charge in [-0.25, -0.2) is 8.42 Å². The second kappa shape index (κ2) is 10.2. The molecule has 1 amide bonds. The highest BCUT2D eigenvalue weighted by atomic mass is 32.2. The normalized spacial score (nSPS) is 12.1. The van der Waals surface area contributed by atoms with Crippen molar-refractivity contribution in [2.24, 2.45) is 0 Å². The molecule has 3 aromatic rings. The number of nitrogens with one attached hydrogen (secondary N) is 2. The maximum Gasteiger partial charge on any atom is 0.262 e. The monoisotopic (exact) mass is 482 g/mol. The lowest BCUT2D eigenvalue weighted by atomic mass is 10.1. The Morgan fingerprint density at radius 2 is 1.56 bits per heavy atom. The highest BCUT2D eigenvalue weighted by molar-refractivity contribution is 7.92. The molecule has 3 rings (SSSR count). The summed E-state index contributed by atoms with van der Waals surface area (Å²) in [6.07, 6.45) is 0. The fourth-order valence-corrected chi connectivity index (χ4v) is 5.05. The van der Waals surface area contributed by atoms with E-state index in [9.17, 15) is 13.2 Å². The highest BCUT2D eigenvalue weighted by Crippen LogP contribution is 2.30. The number of ether oxygens (including phenoxy) is 2. The number of hydrogen-bond acceptors (Lipinski definition) is 5. The Morgan fingerprint density at radius 3 is 2.21 bits per heavy atom. The summed E-state index contributed by atoms with van der Waals surface area (Å²) in [6, 6.07) is 15.2. The Labute approximate surface area is 201 Å². The largest absolute Gasteiger partial charge is 0.493 e. The predicted octanol–water partition coefficient (Wildman–Crippen LogP) is 4.92. The van der Waals surface area contributed by atoms with Crippen molar-refractivity contribution in [1.29, 1.82) is 0 Å². The number of carbonyl (C=O) groups excluding carboxylic acids is 1. The van der Waals surface area contributed by atoms with Crippen LogP contribution in [0.2, 0.25) is 0 Å². The summed E-state index contributed by atoms with van der Waals surface area (Å²) < 4.78 is 39.5. The van der Waals surface area contributed by atoms with E-state index in [1.807, 2.05) is 39.0 Å². The molecule has 0 bridgehead atoms. The van der Waals surface area contributed by atoms with E-state index in [4.69, 9.17) is 9.47 Å². The average Bonchev–Trinajstić information content (AvgIpc) is 2.80. The fraction of sp³-hybridized carbons (Fsp3) is 0.269. The summed E-state index contributed by atoms with van der Waals surface area (Å²) in [4.78, 5) is 13.0. The van der Waals surface area contributed by atoms with E-state index < -0.39 is 10.0 Å². The third-order valence-corrected chi connectivity index (χ3v) is 7.13. The molecule has 0 spiro atoms. The van der Waals surface area contributed by atoms with Crippen LogP contribution in [0.5, 0.6) is 11.5 Å². The van der Waals surface area contributed by atoms with Crippen LogP contribution >= 0.6 is 0 Å². The van der Waals surface area contributed by atoms with Crippen molar-refractivity contribution in [1.82, 2.24) is 5.32 Å². The van der Waals surface area contributed by atoms with Gasteiger partial charge < -0.3 is 14.8 Å². The van der Waals surface area contributed by atoms with Crippen LogP contribution in [0.1, 0.15) is 45.6 Å². The molecule has 3 aromatic carbocycles. The quantitative estimate of drug-likeness (QED) is 0.475. The lowest BCUT2D eigenvalue weighted by Crippen LogP contribution is -2.27. The molecule has 8 heteroatoms. The minimum Gasteiger partial charge on any atom is -0.493 e. The van der Waals surface area contributed by atoms with E-state index in [-0.39, 0.29) is 22.4 Å². The van der Waals surface area contributed by atoms with E-state index in [2.05, 4.69) is 10.0 Å². The first-order valence-electron chi connectivity index (χ1n) is 10.8. The maximum atomic E-state index is 13.1. The molecule has 0 saturated heterocycles. The standard InChI is InChI=1S/C26H30N2O5S/c1-16-7-11-22(18(3)13-16)28-34(30,31)25-15-21(9-8-17(25)2)26(29)27-19(4)20-10-12-23(32-5)24(14-20)33-6/h7-15,19,28H,1-6H3,(H,27,29)/t19-/m0/s1. The summed E-state index contributed by atoms with van der Waals surface area (Å²) in [7, 11) is -0.790. The molecule has 0 unspecified atom stereocenters. The molecule has 0 fully saturated rings. The third kappa shape index (κ3) is 5.51. The number of amides is 1. The molecule has 34 heavy (non-hydrogen) atoms. The molecule has 0 saturated carbocycles. The van der Waals surface area contributed by atoms with Crippen molar-refractivity contribution in [3.8, 4) is 11.5 Å². The van der Waals surface area contributed by atoms with Gasteiger partial charge in [0.25, 0.3) is 15.9 Å². The zero-order chi connectivity index (χ0) is 25.0. The second-order valence-electron chi connectivity index (χ2n) is 8.21. The van der Waals surface area contributed by atoms with Crippen LogP contribution in [0.15, 0.2) is 59.5 Å². The van der Waals surface area contributed by atoms with Gasteiger partial charge >= 0.3 is 0 Å². The number of rotatable bonds is 8. The first kappa shape index (κ1) is 25.1. The van der Waals surface area contributed by atoms with Crippen LogP contribution in [0.25, 0.3) is 0 Å². The summed E-state index contributed by atoms with van der Waals surface area (Å²) in [5.41, 5.74) is 3.97. The molecule has 0 radical (unpaired) electrons. The molecule has 1 atom stereocenters. The Balaban J connectivity index is 1.84. The number of hydrogen-bond donors (Lipinski definition) is 2. The summed E-state index contributed by atoms with van der Waals surface area (Å²) in [5, 5.41) is 2.91. The van der Waals surface area contributed by atoms with E-state index in [1.54, 1.807) is 51.5 Å². The third-order valence-electron chi connectivity index (χ3n) is 5.62. The Bertz CT molecular complexity index is 1320. The number of sulfonamides is 1. The highest BCUT2D eigenvalue weighted by Gasteiger charge is 2.21. The molecule has 0 heterocycles. The molecule has 0 aliphatic heterocycles. The minimum atomic E-state index is -3.89. The number of methoxy groups -OCH3 is 2. The summed E-state index contributed by atoms with van der Waals surface area (Å²) in [5.74, 6) is 0.766. The lowest BCUT2D eigenvalue weighted by Gasteiger charge is -2.17. The molecule has 180 valence electrons. The smallest absolute Gasteiger partial charge is 0.262 e. The molecule has 2 N–H and O–H groups in total. The van der Waals surface area contributed by atoms with Gasteiger partial charge in [0, 0.05) is 5.56 Å². The van der Waals surface area contributed by atoms with Crippen LogP contribution in [0, 0.1) is 20.8 Å². The van der Waals surface area contributed by atoms with E-state index in [0.29, 0.717) is 22.7 Å². The van der Waals surface area contributed by atoms with Crippen molar-refractivity contribution in [3.05, 3.63) is 82.4 Å². The van der Waals surface area contributed by atoms with Crippen LogP contribution in [-0.2, 0) is 10.0 Å². The molecule has 0 aliphatic rings. The van der Waals surface area contributed by atoms with E-state index >= 15 is 0 Å². The van der Waals surface area contributed by atoms with Crippen LogP contribution in [-0.4, -0.2) is 28.5 Å². The zero-order valence-corrected chi connectivity index (χ0v) is 21.0. The Hall–Kier alpha value is -3.52. The molecule has 7 nitrogen and oxygen atoms in total. The Morgan fingerprint density at radius 1 is 0.853 bits per heavy atom. The second-order valence-corrected chi connectivity index (χ2v) is 9.86. The van der Waals surface area contributed by atoms with Gasteiger partial charge in [-0.3, -0.25) is 9.52 Å². The van der Waals surface area contributed by atoms with E-state index in [1.165, 1.54) is 6.07 Å². The average molecular weight is 483 g/mol. The first-order valence-corrected chi connectivity index (χ1v) is 12.3. The van der Waals surface area contributed by atoms with Crippen molar-refractivity contribution in [3.63, 3.8) is 0 Å². The molecule has 0 aliphatic carbocycles. The van der Waals surface area contributed by atoms with Gasteiger partial charge in [-0.2, -0.15) is 0 Å². The predicted molar refractivity (Wildman–Crippen MR) is 133 cm³/mol. The van der Waals surface area contributed by atoms with Crippen molar-refractivity contribution >= 4 is 21.6 Å². The van der Waals surface area contributed by atoms with Crippen LogP contribution in [0.3, 0.4) is 0 Å². The minimum absolute atomic E-state index is 0.0545. The van der Waals surface area contributed by atoms with Crippen molar-refractivity contribution in [2.45, 2.75) is 38.6 Å². The molecular formula is C26H30N2O5S. The van der Waals surface area contributed by atoms with Gasteiger partial charge in [0.1, 0.15) is 0 Å². The topological polar surface area (TPSA) is 93.7 Å². The first-order chi connectivity index (χ1) is 16.1. The van der Waals surface area contributed by atoms with Gasteiger partial charge in [-0.15, -0.1) is 0 Å². The Kier molecular flexibility index (Phi) is 7.51. The van der Waals surface area contributed by atoms with Crippen LogP contribution < -0.4 is 19.5 Å². The zero-order valence-electron chi connectivity index (χ0n) is 20.2. The van der Waals surface area contributed by atoms with Gasteiger partial charge in [0.2, 0.25) is 0 Å². The van der Waals surface area contributed by atoms with Crippen LogP contribution in [0.4, 0.5) is 5.69 Å². The maximum absolute atomic E-state index is 13.1. The number of benzene rings is 3. The lowest BCUT2D eigenvalue weighted by molar-refractivity contribution is 0.0939. The fourth-order valence-electron chi connectivity index (χ4n) is 3.64. The number of carbonyl (C=O) groups is 1. The number of aryl methyl sites for hydroxylation is 3. The number of anilines is 1. The molecular weight excluding hydrogens is 452 g/mol. The van der Waals surface area contributed by atoms with Gasteiger partial charge in [0.05, 0.1) is 30.8 Å². The molecule has 0 aromatic heterocycles. The summed E-state index contributed by atoms with van der Waals surface area (Å²) >= 11 is 0.